The van der Waals surface area contributed by atoms with Crippen LogP contribution in [0, 0.1) is 17.7 Å². The summed E-state index contributed by atoms with van der Waals surface area (Å²) in [5.41, 5.74) is 7.42. The summed E-state index contributed by atoms with van der Waals surface area (Å²) in [7, 11) is 0. The molecule has 3 aromatic rings. The van der Waals surface area contributed by atoms with E-state index in [-0.39, 0.29) is 11.7 Å². The van der Waals surface area contributed by atoms with Crippen molar-refractivity contribution in [3.05, 3.63) is 65.5 Å². The van der Waals surface area contributed by atoms with Gasteiger partial charge in [0.05, 0.1) is 26.4 Å². The Hall–Kier alpha value is -3.87. The number of nitrogens with zero attached hydrogens (tertiary/aromatic N) is 3. The minimum absolute atomic E-state index is 0.215. The monoisotopic (exact) mass is 594 g/mol. The highest BCUT2D eigenvalue weighted by Crippen LogP contribution is 2.28. The Morgan fingerprint density at radius 2 is 1.60 bits per heavy atom. The summed E-state index contributed by atoms with van der Waals surface area (Å²) in [6, 6.07) is 13.4. The van der Waals surface area contributed by atoms with Crippen molar-refractivity contribution in [3.8, 4) is 0 Å². The summed E-state index contributed by atoms with van der Waals surface area (Å²) >= 11 is 0. The molecule has 0 unspecified atom stereocenters. The normalized spacial score (nSPS) is 16.4. The summed E-state index contributed by atoms with van der Waals surface area (Å²) in [4.78, 5) is 26.4. The summed E-state index contributed by atoms with van der Waals surface area (Å²) in [5, 5.41) is 12.7. The van der Waals surface area contributed by atoms with E-state index >= 15 is 0 Å². The average molecular weight is 595 g/mol. The van der Waals surface area contributed by atoms with Gasteiger partial charge in [0.1, 0.15) is 5.82 Å². The quantitative estimate of drug-likeness (QED) is 0.143. The molecule has 1 saturated carbocycles. The second-order valence-corrected chi connectivity index (χ2v) is 10.8. The molecule has 232 valence electrons. The van der Waals surface area contributed by atoms with Crippen molar-refractivity contribution in [2.24, 2.45) is 17.6 Å². The molecule has 0 atom stereocenters. The molecule has 0 spiro atoms. The van der Waals surface area contributed by atoms with Crippen LogP contribution in [-0.2, 0) is 16.0 Å². The van der Waals surface area contributed by atoms with E-state index in [0.29, 0.717) is 81.1 Å². The van der Waals surface area contributed by atoms with Gasteiger partial charge in [0.2, 0.25) is 17.8 Å². The molecule has 1 aliphatic rings. The highest BCUT2D eigenvalue weighted by molar-refractivity contribution is 5.95. The summed E-state index contributed by atoms with van der Waals surface area (Å²) in [5.74, 6) is 2.03. The number of benzene rings is 2. The minimum atomic E-state index is -0.285. The maximum Gasteiger partial charge on any atom is 0.251 e. The molecule has 2 aromatic carbocycles. The van der Waals surface area contributed by atoms with Crippen LogP contribution in [0.4, 0.5) is 27.9 Å². The van der Waals surface area contributed by atoms with Crippen LogP contribution >= 0.6 is 0 Å². The second-order valence-electron chi connectivity index (χ2n) is 10.8. The summed E-state index contributed by atoms with van der Waals surface area (Å²) < 4.78 is 24.1. The van der Waals surface area contributed by atoms with E-state index in [2.05, 4.69) is 43.1 Å². The Morgan fingerprint density at radius 1 is 0.907 bits per heavy atom. The molecule has 0 aliphatic heterocycles. The zero-order valence-electron chi connectivity index (χ0n) is 24.8. The number of hydrogen-bond donors (Lipinski definition) is 5. The van der Waals surface area contributed by atoms with E-state index in [1.54, 1.807) is 30.3 Å². The van der Waals surface area contributed by atoms with Crippen LogP contribution < -0.4 is 27.0 Å². The fourth-order valence-corrected chi connectivity index (χ4v) is 4.75. The standard InChI is InChI=1S/C31H43FN8O3/c1-22-5-7-23(8-6-22)20-35-29-38-30(36-21-24-9-11-26(32)12-10-24)40-31(39-29)37-27-4-2-3-25(19-27)28(41)34-14-16-43-18-17-42-15-13-33/h2-4,9-12,19,22-23H,5-8,13-18,20-21,33H2,1H3,(H,34,41)(H3,35,36,37,38,39,40). The molecule has 12 heteroatoms. The first kappa shape index (κ1) is 32.1. The van der Waals surface area contributed by atoms with E-state index in [4.69, 9.17) is 15.2 Å². The molecule has 0 radical (unpaired) electrons. The number of nitrogens with one attached hydrogen (secondary N) is 4. The van der Waals surface area contributed by atoms with Gasteiger partial charge in [-0.3, -0.25) is 4.79 Å². The smallest absolute Gasteiger partial charge is 0.251 e. The first-order valence-electron chi connectivity index (χ1n) is 15.0. The summed E-state index contributed by atoms with van der Waals surface area (Å²) in [6.07, 6.45) is 4.85. The SMILES string of the molecule is CC1CCC(CNc2nc(NCc3ccc(F)cc3)nc(Nc3cccc(C(=O)NCCOCCOCCN)c3)n2)CC1. The number of halogens is 1. The molecule has 11 nitrogen and oxygen atoms in total. The van der Waals surface area contributed by atoms with Crippen LogP contribution in [0.3, 0.4) is 0 Å². The Kier molecular flexibility index (Phi) is 12.9. The zero-order valence-corrected chi connectivity index (χ0v) is 24.8. The van der Waals surface area contributed by atoms with E-state index in [9.17, 15) is 9.18 Å². The largest absolute Gasteiger partial charge is 0.378 e. The molecule has 0 saturated heterocycles. The molecule has 43 heavy (non-hydrogen) atoms. The number of carbonyl (C=O) groups is 1. The van der Waals surface area contributed by atoms with Crippen LogP contribution in [0.15, 0.2) is 48.5 Å². The predicted molar refractivity (Wildman–Crippen MR) is 166 cm³/mol. The molecule has 1 heterocycles. The van der Waals surface area contributed by atoms with E-state index < -0.39 is 0 Å². The van der Waals surface area contributed by atoms with Gasteiger partial charge in [-0.2, -0.15) is 15.0 Å². The van der Waals surface area contributed by atoms with Gasteiger partial charge in [0.15, 0.2) is 0 Å². The van der Waals surface area contributed by atoms with Crippen molar-refractivity contribution in [2.75, 3.05) is 62.0 Å². The highest BCUT2D eigenvalue weighted by Gasteiger charge is 2.19. The molecular weight excluding hydrogens is 551 g/mol. The topological polar surface area (TPSA) is 148 Å². The van der Waals surface area contributed by atoms with Crippen LogP contribution in [0.25, 0.3) is 0 Å². The van der Waals surface area contributed by atoms with Crippen LogP contribution in [0.2, 0.25) is 0 Å². The number of carbonyl (C=O) groups excluding carboxylic acids is 1. The molecule has 4 rings (SSSR count). The summed E-state index contributed by atoms with van der Waals surface area (Å²) in [6.45, 7) is 6.16. The van der Waals surface area contributed by atoms with E-state index in [1.807, 2.05) is 6.07 Å². The number of nitrogens with two attached hydrogens (primary N) is 1. The number of rotatable bonds is 17. The van der Waals surface area contributed by atoms with Crippen LogP contribution in [0.1, 0.15) is 48.5 Å². The van der Waals surface area contributed by atoms with Crippen molar-refractivity contribution < 1.29 is 18.7 Å². The lowest BCUT2D eigenvalue weighted by Crippen LogP contribution is -2.27. The lowest BCUT2D eigenvalue weighted by atomic mass is 9.83. The van der Waals surface area contributed by atoms with Gasteiger partial charge < -0.3 is 36.5 Å². The van der Waals surface area contributed by atoms with Gasteiger partial charge in [-0.05, 0) is 60.6 Å². The fraction of sp³-hybridized carbons (Fsp3) is 0.484. The molecule has 1 fully saturated rings. The van der Waals surface area contributed by atoms with Crippen molar-refractivity contribution in [1.29, 1.82) is 0 Å². The molecule has 1 aromatic heterocycles. The van der Waals surface area contributed by atoms with Gasteiger partial charge in [0.25, 0.3) is 5.91 Å². The maximum atomic E-state index is 13.3. The van der Waals surface area contributed by atoms with Crippen molar-refractivity contribution >= 4 is 29.4 Å². The number of hydrogen-bond acceptors (Lipinski definition) is 10. The van der Waals surface area contributed by atoms with Gasteiger partial charge in [-0.15, -0.1) is 0 Å². The van der Waals surface area contributed by atoms with E-state index in [0.717, 1.165) is 18.0 Å². The zero-order chi connectivity index (χ0) is 30.3. The third-order valence-corrected chi connectivity index (χ3v) is 7.23. The van der Waals surface area contributed by atoms with Crippen molar-refractivity contribution in [3.63, 3.8) is 0 Å². The lowest BCUT2D eigenvalue weighted by molar-refractivity contribution is 0.0511. The van der Waals surface area contributed by atoms with Crippen LogP contribution in [-0.4, -0.2) is 66.9 Å². The van der Waals surface area contributed by atoms with Gasteiger partial charge in [-0.1, -0.05) is 38.0 Å². The number of aromatic nitrogens is 3. The first-order valence-corrected chi connectivity index (χ1v) is 15.0. The first-order chi connectivity index (χ1) is 21.0. The van der Waals surface area contributed by atoms with Crippen molar-refractivity contribution in [1.82, 2.24) is 20.3 Å². The Morgan fingerprint density at radius 3 is 2.35 bits per heavy atom. The van der Waals surface area contributed by atoms with Crippen molar-refractivity contribution in [2.45, 2.75) is 39.2 Å². The molecule has 6 N–H and O–H groups in total. The molecule has 1 aliphatic carbocycles. The average Bonchev–Trinajstić information content (AvgIpc) is 3.02. The molecule has 0 bridgehead atoms. The van der Waals surface area contributed by atoms with Gasteiger partial charge in [0, 0.05) is 37.4 Å². The van der Waals surface area contributed by atoms with Crippen LogP contribution in [0.5, 0.6) is 0 Å². The highest BCUT2D eigenvalue weighted by atomic mass is 19.1. The molecule has 1 amide bonds. The number of ether oxygens (including phenoxy) is 2. The van der Waals surface area contributed by atoms with Gasteiger partial charge in [-0.25, -0.2) is 4.39 Å². The third-order valence-electron chi connectivity index (χ3n) is 7.23. The predicted octanol–water partition coefficient (Wildman–Crippen LogP) is 4.33. The Labute approximate surface area is 252 Å². The lowest BCUT2D eigenvalue weighted by Gasteiger charge is -2.26. The number of amides is 1. The number of anilines is 4. The Bertz CT molecular complexity index is 1270. The van der Waals surface area contributed by atoms with E-state index in [1.165, 1.54) is 37.8 Å². The third kappa shape index (κ3) is 11.4. The second kappa shape index (κ2) is 17.3. The molecular formula is C31H43FN8O3. The maximum absolute atomic E-state index is 13.3. The minimum Gasteiger partial charge on any atom is -0.378 e. The van der Waals surface area contributed by atoms with Gasteiger partial charge >= 0.3 is 0 Å². The fourth-order valence-electron chi connectivity index (χ4n) is 4.75. The Balaban J connectivity index is 1.37.